The van der Waals surface area contributed by atoms with Crippen LogP contribution in [0, 0.1) is 0 Å². The molecule has 12 heavy (non-hydrogen) atoms. The van der Waals surface area contributed by atoms with Gasteiger partial charge in [0.1, 0.15) is 0 Å². The van der Waals surface area contributed by atoms with E-state index in [0.29, 0.717) is 4.83 Å². The van der Waals surface area contributed by atoms with Gasteiger partial charge in [-0.15, -0.1) is 0 Å². The van der Waals surface area contributed by atoms with Crippen LogP contribution in [0.4, 0.5) is 0 Å². The SMILES string of the molecule is CCCCCCCC[C@@H](Br)CBr. The molecule has 0 aliphatic rings. The van der Waals surface area contributed by atoms with Crippen LogP contribution in [0.15, 0.2) is 0 Å². The van der Waals surface area contributed by atoms with Crippen LogP contribution < -0.4 is 0 Å². The summed E-state index contributed by atoms with van der Waals surface area (Å²) in [6.07, 6.45) is 9.73. The Morgan fingerprint density at radius 2 is 1.58 bits per heavy atom. The molecule has 1 atom stereocenters. The third kappa shape index (κ3) is 9.05. The van der Waals surface area contributed by atoms with Gasteiger partial charge < -0.3 is 0 Å². The third-order valence-corrected chi connectivity index (χ3v) is 4.47. The summed E-state index contributed by atoms with van der Waals surface area (Å²) in [4.78, 5) is 0.684. The fraction of sp³-hybridized carbons (Fsp3) is 1.00. The summed E-state index contributed by atoms with van der Waals surface area (Å²) >= 11 is 7.07. The van der Waals surface area contributed by atoms with Crippen LogP contribution in [0.5, 0.6) is 0 Å². The molecule has 0 N–H and O–H groups in total. The van der Waals surface area contributed by atoms with Crippen molar-refractivity contribution in [3.63, 3.8) is 0 Å². The molecule has 0 saturated carbocycles. The molecule has 2 heteroatoms. The summed E-state index contributed by atoms with van der Waals surface area (Å²) in [6.45, 7) is 2.26. The average Bonchev–Trinajstić information content (AvgIpc) is 2.10. The molecule has 0 nitrogen and oxygen atoms in total. The van der Waals surface area contributed by atoms with E-state index >= 15 is 0 Å². The lowest BCUT2D eigenvalue weighted by molar-refractivity contribution is 0.591. The molecule has 0 amide bonds. The summed E-state index contributed by atoms with van der Waals surface area (Å²) in [6, 6.07) is 0. The van der Waals surface area contributed by atoms with Gasteiger partial charge in [-0.3, -0.25) is 0 Å². The molecule has 0 aliphatic heterocycles. The van der Waals surface area contributed by atoms with Gasteiger partial charge in [-0.05, 0) is 6.42 Å². The molecule has 0 saturated heterocycles. The first kappa shape index (κ1) is 13.0. The van der Waals surface area contributed by atoms with Crippen molar-refractivity contribution in [1.29, 1.82) is 0 Å². The molecule has 0 radical (unpaired) electrons. The molecule has 0 rings (SSSR count). The Morgan fingerprint density at radius 1 is 1.00 bits per heavy atom. The van der Waals surface area contributed by atoms with Gasteiger partial charge in [-0.2, -0.15) is 0 Å². The molecular weight excluding hydrogens is 280 g/mol. The Hall–Kier alpha value is 0.960. The lowest BCUT2D eigenvalue weighted by atomic mass is 10.1. The van der Waals surface area contributed by atoms with E-state index in [-0.39, 0.29) is 0 Å². The van der Waals surface area contributed by atoms with E-state index in [4.69, 9.17) is 0 Å². The second-order valence-electron chi connectivity index (χ2n) is 3.31. The molecule has 0 aliphatic carbocycles. The predicted molar refractivity (Wildman–Crippen MR) is 64.5 cm³/mol. The van der Waals surface area contributed by atoms with E-state index in [0.717, 1.165) is 5.33 Å². The first-order chi connectivity index (χ1) is 5.81. The zero-order chi connectivity index (χ0) is 9.23. The number of halogens is 2. The van der Waals surface area contributed by atoms with Crippen molar-refractivity contribution in [1.82, 2.24) is 0 Å². The predicted octanol–water partition coefficient (Wildman–Crippen LogP) is 4.90. The van der Waals surface area contributed by atoms with E-state index in [1.807, 2.05) is 0 Å². The highest BCUT2D eigenvalue weighted by Crippen LogP contribution is 2.14. The Bertz CT molecular complexity index is 83.9. The number of hydrogen-bond acceptors (Lipinski definition) is 0. The maximum Gasteiger partial charge on any atom is 0.0242 e. The van der Waals surface area contributed by atoms with Crippen molar-refractivity contribution in [2.45, 2.75) is 56.7 Å². The maximum absolute atomic E-state index is 3.61. The Morgan fingerprint density at radius 3 is 2.17 bits per heavy atom. The normalized spacial score (nSPS) is 13.2. The van der Waals surface area contributed by atoms with Crippen LogP contribution in [0.1, 0.15) is 51.9 Å². The van der Waals surface area contributed by atoms with Crippen LogP contribution in [0.3, 0.4) is 0 Å². The van der Waals surface area contributed by atoms with Gasteiger partial charge in [0, 0.05) is 10.2 Å². The van der Waals surface area contributed by atoms with E-state index in [9.17, 15) is 0 Å². The number of hydrogen-bond donors (Lipinski definition) is 0. The molecule has 0 fully saturated rings. The largest absolute Gasteiger partial charge is 0.0916 e. The highest BCUT2D eigenvalue weighted by Gasteiger charge is 1.99. The van der Waals surface area contributed by atoms with E-state index in [1.165, 1.54) is 44.9 Å². The highest BCUT2D eigenvalue weighted by molar-refractivity contribution is 9.12. The van der Waals surface area contributed by atoms with Gasteiger partial charge in [0.2, 0.25) is 0 Å². The summed E-state index contributed by atoms with van der Waals surface area (Å²) in [7, 11) is 0. The van der Waals surface area contributed by atoms with Gasteiger partial charge in [-0.1, -0.05) is 77.3 Å². The van der Waals surface area contributed by atoms with Crippen LogP contribution in [-0.2, 0) is 0 Å². The monoisotopic (exact) mass is 298 g/mol. The number of alkyl halides is 2. The Balaban J connectivity index is 2.90. The van der Waals surface area contributed by atoms with Crippen LogP contribution in [0.2, 0.25) is 0 Å². The minimum atomic E-state index is 0.684. The second kappa shape index (κ2) is 10.0. The van der Waals surface area contributed by atoms with Gasteiger partial charge in [0.05, 0.1) is 0 Å². The lowest BCUT2D eigenvalue weighted by Gasteiger charge is -2.04. The van der Waals surface area contributed by atoms with Crippen LogP contribution in [0.25, 0.3) is 0 Å². The Kier molecular flexibility index (Phi) is 10.8. The zero-order valence-corrected chi connectivity index (χ0v) is 11.2. The molecule has 0 aromatic heterocycles. The van der Waals surface area contributed by atoms with Crippen molar-refractivity contribution in [2.24, 2.45) is 0 Å². The minimum absolute atomic E-state index is 0.684. The molecule has 0 heterocycles. The smallest absolute Gasteiger partial charge is 0.0242 e. The molecule has 74 valence electrons. The zero-order valence-electron chi connectivity index (χ0n) is 7.99. The molecular formula is C10H20Br2. The van der Waals surface area contributed by atoms with Crippen LogP contribution in [-0.4, -0.2) is 10.2 Å². The molecule has 0 aromatic carbocycles. The van der Waals surface area contributed by atoms with Gasteiger partial charge in [-0.25, -0.2) is 0 Å². The van der Waals surface area contributed by atoms with Gasteiger partial charge in [0.25, 0.3) is 0 Å². The fourth-order valence-corrected chi connectivity index (χ4v) is 1.87. The van der Waals surface area contributed by atoms with Crippen molar-refractivity contribution >= 4 is 31.9 Å². The molecule has 0 aromatic rings. The number of rotatable bonds is 8. The summed E-state index contributed by atoms with van der Waals surface area (Å²) in [5.74, 6) is 0. The summed E-state index contributed by atoms with van der Waals surface area (Å²) < 4.78 is 0. The molecule has 0 bridgehead atoms. The van der Waals surface area contributed by atoms with E-state index in [1.54, 1.807) is 0 Å². The average molecular weight is 300 g/mol. The first-order valence-electron chi connectivity index (χ1n) is 5.01. The van der Waals surface area contributed by atoms with Crippen molar-refractivity contribution in [2.75, 3.05) is 5.33 Å². The van der Waals surface area contributed by atoms with E-state index < -0.39 is 0 Å². The highest BCUT2D eigenvalue weighted by atomic mass is 79.9. The fourth-order valence-electron chi connectivity index (χ4n) is 1.22. The lowest BCUT2D eigenvalue weighted by Crippen LogP contribution is -1.97. The number of unbranched alkanes of at least 4 members (excludes halogenated alkanes) is 5. The van der Waals surface area contributed by atoms with Gasteiger partial charge in [0.15, 0.2) is 0 Å². The molecule has 0 unspecified atom stereocenters. The Labute approximate surface area is 93.8 Å². The summed E-state index contributed by atoms with van der Waals surface area (Å²) in [5, 5.41) is 1.09. The second-order valence-corrected chi connectivity index (χ2v) is 5.25. The maximum atomic E-state index is 3.61. The van der Waals surface area contributed by atoms with Crippen molar-refractivity contribution < 1.29 is 0 Å². The minimum Gasteiger partial charge on any atom is -0.0916 e. The first-order valence-corrected chi connectivity index (χ1v) is 7.05. The summed E-state index contributed by atoms with van der Waals surface area (Å²) in [5.41, 5.74) is 0. The quantitative estimate of drug-likeness (QED) is 0.442. The van der Waals surface area contributed by atoms with Gasteiger partial charge >= 0.3 is 0 Å². The standard InChI is InChI=1S/C10H20Br2/c1-2-3-4-5-6-7-8-10(12)9-11/h10H,2-9H2,1H3/t10-/m1/s1. The molecule has 0 spiro atoms. The third-order valence-electron chi connectivity index (χ3n) is 2.04. The van der Waals surface area contributed by atoms with E-state index in [2.05, 4.69) is 38.8 Å². The van der Waals surface area contributed by atoms with Crippen LogP contribution >= 0.6 is 31.9 Å². The topological polar surface area (TPSA) is 0 Å². The van der Waals surface area contributed by atoms with Crippen molar-refractivity contribution in [3.05, 3.63) is 0 Å². The van der Waals surface area contributed by atoms with Crippen molar-refractivity contribution in [3.8, 4) is 0 Å².